The second kappa shape index (κ2) is 5.36. The van der Waals surface area contributed by atoms with Gasteiger partial charge in [-0.15, -0.1) is 0 Å². The highest BCUT2D eigenvalue weighted by atomic mass is 16.4. The molecule has 1 aromatic rings. The minimum Gasteiger partial charge on any atom is -0.481 e. The molecule has 0 unspecified atom stereocenters. The van der Waals surface area contributed by atoms with Gasteiger partial charge in [-0.25, -0.2) is 0 Å². The first-order chi connectivity index (χ1) is 10.2. The van der Waals surface area contributed by atoms with E-state index in [1.165, 1.54) is 11.1 Å². The van der Waals surface area contributed by atoms with Crippen LogP contribution in [0.1, 0.15) is 73.5 Å². The number of aliphatic carboxylic acids is 1. The molecule has 1 aromatic carbocycles. The van der Waals surface area contributed by atoms with E-state index in [0.29, 0.717) is 18.8 Å². The lowest BCUT2D eigenvalue weighted by Gasteiger charge is -2.35. The van der Waals surface area contributed by atoms with E-state index >= 15 is 0 Å². The van der Waals surface area contributed by atoms with Crippen LogP contribution in [0.5, 0.6) is 0 Å². The molecule has 0 bridgehead atoms. The Morgan fingerprint density at radius 3 is 2.53 bits per heavy atom. The number of hydrogen-bond acceptors (Lipinski definition) is 1. The average Bonchev–Trinajstić information content (AvgIpc) is 2.46. The summed E-state index contributed by atoms with van der Waals surface area (Å²) in [6, 6.07) is 8.24. The summed E-state index contributed by atoms with van der Waals surface area (Å²) in [7, 11) is 0. The Morgan fingerprint density at radius 2 is 2.00 bits per heavy atom. The van der Waals surface area contributed by atoms with E-state index < -0.39 is 18.2 Å². The third-order valence-corrected chi connectivity index (χ3v) is 4.31. The van der Waals surface area contributed by atoms with E-state index in [1.807, 2.05) is 12.1 Å². The van der Waals surface area contributed by atoms with Crippen molar-refractivity contribution in [2.75, 3.05) is 0 Å². The molecule has 104 valence electrons. The van der Waals surface area contributed by atoms with E-state index in [-0.39, 0.29) is 18.8 Å². The molecule has 0 amide bonds. The van der Waals surface area contributed by atoms with E-state index in [0.717, 1.165) is 0 Å². The number of carboxylic acids is 1. The molecule has 0 saturated heterocycles. The van der Waals surface area contributed by atoms with Gasteiger partial charge in [-0.05, 0) is 55.5 Å². The van der Waals surface area contributed by atoms with Crippen molar-refractivity contribution in [3.63, 3.8) is 0 Å². The number of benzene rings is 1. The van der Waals surface area contributed by atoms with Gasteiger partial charge in [0.25, 0.3) is 0 Å². The number of carboxylic acid groups (broad SMARTS) is 1. The largest absolute Gasteiger partial charge is 0.481 e. The van der Waals surface area contributed by atoms with E-state index in [9.17, 15) is 9.90 Å². The molecule has 1 aliphatic carbocycles. The van der Waals surface area contributed by atoms with Gasteiger partial charge in [0.1, 0.15) is 0 Å². The maximum absolute atomic E-state index is 11.6. The summed E-state index contributed by atoms with van der Waals surface area (Å²) in [5.74, 6) is -0.513. The zero-order chi connectivity index (χ0) is 16.5. The number of rotatable bonds is 3. The molecule has 0 aliphatic heterocycles. The predicted octanol–water partition coefficient (Wildman–Crippen LogP) is 4.56. The molecule has 1 N–H and O–H groups in total. The third-order valence-electron chi connectivity index (χ3n) is 4.31. The van der Waals surface area contributed by atoms with E-state index in [1.54, 1.807) is 0 Å². The molecule has 1 fully saturated rings. The predicted molar refractivity (Wildman–Crippen MR) is 77.5 cm³/mol. The third kappa shape index (κ3) is 2.83. The lowest BCUT2D eigenvalue weighted by molar-refractivity contribution is -0.149. The fraction of sp³-hybridized carbons (Fsp3) is 0.588. The quantitative estimate of drug-likeness (QED) is 0.868. The smallest absolute Gasteiger partial charge is 0.309 e. The molecule has 2 heteroatoms. The zero-order valence-electron chi connectivity index (χ0n) is 14.6. The van der Waals surface area contributed by atoms with Gasteiger partial charge in [0.2, 0.25) is 0 Å². The van der Waals surface area contributed by atoms with Crippen LogP contribution in [-0.2, 0) is 4.79 Å². The van der Waals surface area contributed by atoms with Gasteiger partial charge >= 0.3 is 5.97 Å². The van der Waals surface area contributed by atoms with Crippen LogP contribution in [0.15, 0.2) is 24.3 Å². The summed E-state index contributed by atoms with van der Waals surface area (Å²) in [4.78, 5) is 11.6. The molecule has 0 heterocycles. The van der Waals surface area contributed by atoms with Crippen LogP contribution >= 0.6 is 0 Å². The number of hydrogen-bond donors (Lipinski definition) is 1. The van der Waals surface area contributed by atoms with Crippen molar-refractivity contribution in [2.24, 2.45) is 5.41 Å². The van der Waals surface area contributed by atoms with Gasteiger partial charge in [0.05, 0.1) is 5.41 Å². The highest BCUT2D eigenvalue weighted by Crippen LogP contribution is 2.44. The molecule has 19 heavy (non-hydrogen) atoms. The Hall–Kier alpha value is -1.31. The van der Waals surface area contributed by atoms with Crippen molar-refractivity contribution in [1.29, 1.82) is 0 Å². The zero-order valence-corrected chi connectivity index (χ0v) is 11.6. The van der Waals surface area contributed by atoms with Crippen LogP contribution in [0.3, 0.4) is 0 Å². The lowest BCUT2D eigenvalue weighted by atomic mass is 9.69. The molecule has 1 saturated carbocycles. The Balaban J connectivity index is 2.24. The summed E-state index contributed by atoms with van der Waals surface area (Å²) >= 11 is 0. The molecule has 0 spiro atoms. The lowest BCUT2D eigenvalue weighted by Crippen LogP contribution is -2.32. The van der Waals surface area contributed by atoms with Crippen molar-refractivity contribution in [3.05, 3.63) is 35.4 Å². The summed E-state index contributed by atoms with van der Waals surface area (Å²) in [5, 5.41) is 9.46. The first-order valence-corrected chi connectivity index (χ1v) is 7.01. The second-order valence-corrected chi connectivity index (χ2v) is 5.95. The fourth-order valence-corrected chi connectivity index (χ4v) is 3.04. The van der Waals surface area contributed by atoms with Gasteiger partial charge in [-0.3, -0.25) is 4.79 Å². The van der Waals surface area contributed by atoms with Crippen LogP contribution in [-0.4, -0.2) is 11.1 Å². The molecule has 2 nitrogen and oxygen atoms in total. The Morgan fingerprint density at radius 1 is 1.37 bits per heavy atom. The molecular weight excluding hydrogens is 236 g/mol. The second-order valence-electron chi connectivity index (χ2n) is 5.95. The monoisotopic (exact) mass is 263 g/mol. The van der Waals surface area contributed by atoms with Gasteiger partial charge in [-0.1, -0.05) is 38.1 Å². The number of carbonyl (C=O) groups is 1. The van der Waals surface area contributed by atoms with Crippen molar-refractivity contribution in [1.82, 2.24) is 0 Å². The Bertz CT molecular complexity index is 541. The molecule has 0 aromatic heterocycles. The molecule has 2 rings (SSSR count). The Labute approximate surface area is 120 Å². The first kappa shape index (κ1) is 10.5. The van der Waals surface area contributed by atoms with E-state index in [2.05, 4.69) is 26.0 Å². The van der Waals surface area contributed by atoms with Crippen molar-refractivity contribution < 1.29 is 14.0 Å². The highest BCUT2D eigenvalue weighted by molar-refractivity contribution is 5.74. The fourth-order valence-electron chi connectivity index (χ4n) is 3.04. The van der Waals surface area contributed by atoms with Crippen LogP contribution in [0.25, 0.3) is 0 Å². The highest BCUT2D eigenvalue weighted by Gasteiger charge is 2.38. The summed E-state index contributed by atoms with van der Waals surface area (Å²) in [5.41, 5.74) is 0.960. The van der Waals surface area contributed by atoms with Gasteiger partial charge in [0, 0.05) is 4.11 Å². The first-order valence-electron chi connectivity index (χ1n) is 8.51. The summed E-state index contributed by atoms with van der Waals surface area (Å²) in [6.45, 7) is 1.85. The van der Waals surface area contributed by atoms with Crippen LogP contribution in [0.4, 0.5) is 0 Å². The minimum absolute atomic E-state index is 0.218. The molecule has 0 radical (unpaired) electrons. The normalized spacial score (nSPS) is 30.5. The SMILES string of the molecule is [2H]C([2H])([2H])C1(C(=O)O)CCC(c2ccccc2C(C)C)CC1. The topological polar surface area (TPSA) is 37.3 Å². The maximum atomic E-state index is 11.6. The minimum atomic E-state index is -2.44. The van der Waals surface area contributed by atoms with Crippen molar-refractivity contribution in [2.45, 2.75) is 58.2 Å². The molecule has 0 atom stereocenters. The molecular formula is C17H24O2. The van der Waals surface area contributed by atoms with Crippen LogP contribution in [0, 0.1) is 5.41 Å². The Kier molecular flexibility index (Phi) is 2.95. The van der Waals surface area contributed by atoms with Crippen molar-refractivity contribution >= 4 is 5.97 Å². The maximum Gasteiger partial charge on any atom is 0.309 e. The summed E-state index contributed by atoms with van der Waals surface area (Å²) < 4.78 is 22.9. The van der Waals surface area contributed by atoms with Crippen LogP contribution < -0.4 is 0 Å². The summed E-state index contributed by atoms with van der Waals surface area (Å²) in [6.07, 6.45) is 1.68. The average molecular weight is 263 g/mol. The van der Waals surface area contributed by atoms with Gasteiger partial charge in [0.15, 0.2) is 0 Å². The standard InChI is InChI=1S/C17H24O2/c1-12(2)14-6-4-5-7-15(14)13-8-10-17(3,11-9-13)16(18)19/h4-7,12-13H,8-11H2,1-3H3,(H,18,19)/i3D3. The van der Waals surface area contributed by atoms with Gasteiger partial charge < -0.3 is 5.11 Å². The van der Waals surface area contributed by atoms with E-state index in [4.69, 9.17) is 4.11 Å². The molecule has 1 aliphatic rings. The van der Waals surface area contributed by atoms with Gasteiger partial charge in [-0.2, -0.15) is 0 Å². The van der Waals surface area contributed by atoms with Crippen molar-refractivity contribution in [3.8, 4) is 0 Å². The van der Waals surface area contributed by atoms with Crippen LogP contribution in [0.2, 0.25) is 0 Å².